The van der Waals surface area contributed by atoms with E-state index < -0.39 is 11.9 Å². The lowest BCUT2D eigenvalue weighted by Crippen LogP contribution is -2.25. The van der Waals surface area contributed by atoms with E-state index in [1.165, 1.54) is 13.2 Å². The first-order chi connectivity index (χ1) is 9.45. The fourth-order valence-corrected chi connectivity index (χ4v) is 2.02. The Morgan fingerprint density at radius 3 is 2.50 bits per heavy atom. The van der Waals surface area contributed by atoms with Gasteiger partial charge in [0, 0.05) is 13.1 Å². The average molecular weight is 285 g/mol. The second-order valence-electron chi connectivity index (χ2n) is 5.10. The van der Waals surface area contributed by atoms with Crippen molar-refractivity contribution in [3.05, 3.63) is 29.6 Å². The zero-order valence-corrected chi connectivity index (χ0v) is 12.3. The Labute approximate surface area is 119 Å². The van der Waals surface area contributed by atoms with Gasteiger partial charge in [0.05, 0.1) is 24.9 Å². The third-order valence-electron chi connectivity index (χ3n) is 3.28. The van der Waals surface area contributed by atoms with Gasteiger partial charge in [-0.05, 0) is 38.9 Å². The average Bonchev–Trinajstić information content (AvgIpc) is 2.42. The van der Waals surface area contributed by atoms with Gasteiger partial charge in [0.15, 0.2) is 0 Å². The van der Waals surface area contributed by atoms with E-state index in [1.54, 1.807) is 19.1 Å². The summed E-state index contributed by atoms with van der Waals surface area (Å²) in [7, 11) is 3.37. The molecule has 0 aliphatic rings. The number of rotatable bonds is 8. The second kappa shape index (κ2) is 8.19. The number of aliphatic hydroxyl groups is 2. The summed E-state index contributed by atoms with van der Waals surface area (Å²) in [5.74, 6) is -0.0902. The predicted octanol–water partition coefficient (Wildman–Crippen LogP) is 1.96. The Kier molecular flexibility index (Phi) is 6.91. The zero-order valence-electron chi connectivity index (χ0n) is 12.3. The molecule has 0 bridgehead atoms. The molecule has 2 unspecified atom stereocenters. The van der Waals surface area contributed by atoms with Gasteiger partial charge in [-0.15, -0.1) is 0 Å². The molecule has 5 heteroatoms. The molecular formula is C15H24FNO3. The minimum absolute atomic E-state index is 0.207. The summed E-state index contributed by atoms with van der Waals surface area (Å²) in [5.41, 5.74) is 0.207. The number of halogens is 1. The van der Waals surface area contributed by atoms with Crippen LogP contribution in [0, 0.1) is 5.82 Å². The number of ether oxygens (including phenoxy) is 1. The number of nitrogens with zero attached hydrogens (tertiary/aromatic N) is 1. The highest BCUT2D eigenvalue weighted by Gasteiger charge is 2.18. The van der Waals surface area contributed by atoms with Gasteiger partial charge in [0.1, 0.15) is 11.6 Å². The molecule has 0 saturated heterocycles. The molecule has 1 aromatic carbocycles. The molecule has 1 aromatic rings. The largest absolute Gasteiger partial charge is 0.496 e. The SMILES string of the molecule is COc1cccc(F)c1C(O)CCN(C)CCC(C)O. The van der Waals surface area contributed by atoms with Gasteiger partial charge >= 0.3 is 0 Å². The number of hydrogen-bond acceptors (Lipinski definition) is 4. The van der Waals surface area contributed by atoms with Crippen molar-refractivity contribution in [2.24, 2.45) is 0 Å². The molecule has 114 valence electrons. The molecule has 1 rings (SSSR count). The minimum Gasteiger partial charge on any atom is -0.496 e. The van der Waals surface area contributed by atoms with Crippen LogP contribution in [0.15, 0.2) is 18.2 Å². The van der Waals surface area contributed by atoms with E-state index in [0.29, 0.717) is 25.1 Å². The van der Waals surface area contributed by atoms with Crippen molar-refractivity contribution in [3.8, 4) is 5.75 Å². The quantitative estimate of drug-likeness (QED) is 0.766. The van der Waals surface area contributed by atoms with Crippen LogP contribution in [0.1, 0.15) is 31.4 Å². The van der Waals surface area contributed by atoms with Crippen LogP contribution in [0.25, 0.3) is 0 Å². The van der Waals surface area contributed by atoms with Crippen LogP contribution in [0.3, 0.4) is 0 Å². The van der Waals surface area contributed by atoms with Gasteiger partial charge in [-0.2, -0.15) is 0 Å². The zero-order chi connectivity index (χ0) is 15.1. The topological polar surface area (TPSA) is 52.9 Å². The van der Waals surface area contributed by atoms with Crippen LogP contribution in [0.2, 0.25) is 0 Å². The summed E-state index contributed by atoms with van der Waals surface area (Å²) >= 11 is 0. The molecule has 0 radical (unpaired) electrons. The van der Waals surface area contributed by atoms with Crippen LogP contribution in [-0.4, -0.2) is 48.5 Å². The number of benzene rings is 1. The predicted molar refractivity (Wildman–Crippen MR) is 76.3 cm³/mol. The minimum atomic E-state index is -0.903. The molecule has 4 nitrogen and oxygen atoms in total. The fraction of sp³-hybridized carbons (Fsp3) is 0.600. The molecule has 0 aliphatic carbocycles. The van der Waals surface area contributed by atoms with Crippen LogP contribution in [-0.2, 0) is 0 Å². The Bertz CT molecular complexity index is 412. The van der Waals surface area contributed by atoms with Crippen molar-refractivity contribution < 1.29 is 19.3 Å². The maximum Gasteiger partial charge on any atom is 0.132 e. The Morgan fingerprint density at radius 1 is 1.25 bits per heavy atom. The van der Waals surface area contributed by atoms with Crippen molar-refractivity contribution in [2.75, 3.05) is 27.2 Å². The van der Waals surface area contributed by atoms with Gasteiger partial charge < -0.3 is 19.8 Å². The van der Waals surface area contributed by atoms with Crippen molar-refractivity contribution in [1.29, 1.82) is 0 Å². The Morgan fingerprint density at radius 2 is 1.90 bits per heavy atom. The van der Waals surface area contributed by atoms with Gasteiger partial charge in [0.2, 0.25) is 0 Å². The lowest BCUT2D eigenvalue weighted by atomic mass is 10.0. The van der Waals surface area contributed by atoms with Crippen LogP contribution < -0.4 is 4.74 Å². The third kappa shape index (κ3) is 5.07. The number of hydrogen-bond donors (Lipinski definition) is 2. The molecule has 0 aliphatic heterocycles. The van der Waals surface area contributed by atoms with Crippen LogP contribution in [0.4, 0.5) is 4.39 Å². The summed E-state index contributed by atoms with van der Waals surface area (Å²) in [6.45, 7) is 3.09. The highest BCUT2D eigenvalue weighted by molar-refractivity contribution is 5.36. The molecule has 0 spiro atoms. The molecule has 20 heavy (non-hydrogen) atoms. The summed E-state index contributed by atoms with van der Waals surface area (Å²) in [4.78, 5) is 2.00. The monoisotopic (exact) mass is 285 g/mol. The van der Waals surface area contributed by atoms with E-state index in [0.717, 1.165) is 6.54 Å². The van der Waals surface area contributed by atoms with Crippen molar-refractivity contribution in [1.82, 2.24) is 4.90 Å². The third-order valence-corrected chi connectivity index (χ3v) is 3.28. The molecule has 0 amide bonds. The van der Waals surface area contributed by atoms with E-state index in [-0.39, 0.29) is 11.7 Å². The second-order valence-corrected chi connectivity index (χ2v) is 5.10. The summed E-state index contributed by atoms with van der Waals surface area (Å²) in [6, 6.07) is 4.51. The Hall–Kier alpha value is -1.17. The number of aliphatic hydroxyl groups excluding tert-OH is 2. The highest BCUT2D eigenvalue weighted by Crippen LogP contribution is 2.29. The smallest absolute Gasteiger partial charge is 0.132 e. The van der Waals surface area contributed by atoms with Crippen LogP contribution in [0.5, 0.6) is 5.75 Å². The van der Waals surface area contributed by atoms with E-state index >= 15 is 0 Å². The fourth-order valence-electron chi connectivity index (χ4n) is 2.02. The van der Waals surface area contributed by atoms with Crippen LogP contribution >= 0.6 is 0 Å². The molecule has 0 aromatic heterocycles. The van der Waals surface area contributed by atoms with E-state index in [1.807, 2.05) is 11.9 Å². The molecule has 0 heterocycles. The van der Waals surface area contributed by atoms with E-state index in [9.17, 15) is 14.6 Å². The van der Waals surface area contributed by atoms with Gasteiger partial charge in [-0.3, -0.25) is 0 Å². The van der Waals surface area contributed by atoms with Crippen molar-refractivity contribution in [3.63, 3.8) is 0 Å². The van der Waals surface area contributed by atoms with E-state index in [2.05, 4.69) is 0 Å². The maximum absolute atomic E-state index is 13.8. The molecule has 2 atom stereocenters. The summed E-state index contributed by atoms with van der Waals surface area (Å²) in [5, 5.41) is 19.4. The van der Waals surface area contributed by atoms with Crippen molar-refractivity contribution in [2.45, 2.75) is 32.0 Å². The number of methoxy groups -OCH3 is 1. The lowest BCUT2D eigenvalue weighted by molar-refractivity contribution is 0.131. The molecule has 2 N–H and O–H groups in total. The van der Waals surface area contributed by atoms with Gasteiger partial charge in [0.25, 0.3) is 0 Å². The van der Waals surface area contributed by atoms with Gasteiger partial charge in [-0.1, -0.05) is 6.07 Å². The normalized spacial score (nSPS) is 14.3. The van der Waals surface area contributed by atoms with Crippen molar-refractivity contribution >= 4 is 0 Å². The molecular weight excluding hydrogens is 261 g/mol. The maximum atomic E-state index is 13.8. The van der Waals surface area contributed by atoms with E-state index in [4.69, 9.17) is 4.74 Å². The Balaban J connectivity index is 2.56. The highest BCUT2D eigenvalue weighted by atomic mass is 19.1. The first kappa shape index (κ1) is 16.9. The summed E-state index contributed by atoms with van der Waals surface area (Å²) in [6.07, 6.45) is -0.155. The van der Waals surface area contributed by atoms with Gasteiger partial charge in [-0.25, -0.2) is 4.39 Å². The summed E-state index contributed by atoms with van der Waals surface area (Å²) < 4.78 is 18.9. The molecule has 0 fully saturated rings. The first-order valence-electron chi connectivity index (χ1n) is 6.82. The lowest BCUT2D eigenvalue weighted by Gasteiger charge is -2.21. The first-order valence-corrected chi connectivity index (χ1v) is 6.82. The standard InChI is InChI=1S/C15H24FNO3/c1-11(18)7-9-17(2)10-8-13(19)15-12(16)5-4-6-14(15)20-3/h4-6,11,13,18-19H,7-10H2,1-3H3. The molecule has 0 saturated carbocycles.